The Bertz CT molecular complexity index is 612. The molecule has 1 saturated heterocycles. The van der Waals surface area contributed by atoms with Crippen molar-refractivity contribution in [1.29, 1.82) is 0 Å². The molecule has 0 bridgehead atoms. The van der Waals surface area contributed by atoms with Gasteiger partial charge in [0.25, 0.3) is 0 Å². The molecule has 0 saturated carbocycles. The van der Waals surface area contributed by atoms with Crippen LogP contribution in [-0.2, 0) is 15.0 Å². The van der Waals surface area contributed by atoms with Crippen LogP contribution in [0.4, 0.5) is 5.69 Å². The van der Waals surface area contributed by atoms with Gasteiger partial charge in [-0.3, -0.25) is 9.59 Å². The third-order valence-corrected chi connectivity index (χ3v) is 4.50. The van der Waals surface area contributed by atoms with Crippen molar-refractivity contribution in [1.82, 2.24) is 4.90 Å². The largest absolute Gasteiger partial charge is 0.497 e. The van der Waals surface area contributed by atoms with Crippen molar-refractivity contribution < 1.29 is 14.3 Å². The van der Waals surface area contributed by atoms with Crippen molar-refractivity contribution in [3.8, 4) is 5.75 Å². The van der Waals surface area contributed by atoms with Crippen LogP contribution in [0.2, 0.25) is 0 Å². The smallest absolute Gasteiger partial charge is 0.237 e. The van der Waals surface area contributed by atoms with Crippen molar-refractivity contribution >= 4 is 17.5 Å². The van der Waals surface area contributed by atoms with E-state index in [1.165, 1.54) is 0 Å². The fourth-order valence-electron chi connectivity index (χ4n) is 3.29. The highest BCUT2D eigenvalue weighted by molar-refractivity contribution is 6.07. The summed E-state index contributed by atoms with van der Waals surface area (Å²) in [6.07, 6.45) is 0.664. The number of rotatable bonds is 2. The summed E-state index contributed by atoms with van der Waals surface area (Å²) in [6, 6.07) is 5.62. The summed E-state index contributed by atoms with van der Waals surface area (Å²) in [5.74, 6) is 0.786. The molecule has 1 aromatic rings. The molecule has 2 aliphatic heterocycles. The summed E-state index contributed by atoms with van der Waals surface area (Å²) in [4.78, 5) is 26.5. The molecule has 5 nitrogen and oxygen atoms in total. The van der Waals surface area contributed by atoms with Crippen LogP contribution in [0.25, 0.3) is 0 Å². The number of methoxy groups -OCH3 is 1. The van der Waals surface area contributed by atoms with E-state index in [1.54, 1.807) is 12.0 Å². The molecule has 1 aromatic carbocycles. The maximum atomic E-state index is 12.5. The van der Waals surface area contributed by atoms with E-state index in [1.807, 2.05) is 32.0 Å². The van der Waals surface area contributed by atoms with Crippen LogP contribution in [-0.4, -0.2) is 36.9 Å². The van der Waals surface area contributed by atoms with Gasteiger partial charge in [0.15, 0.2) is 0 Å². The van der Waals surface area contributed by atoms with Gasteiger partial charge in [-0.15, -0.1) is 0 Å². The molecule has 1 N–H and O–H groups in total. The van der Waals surface area contributed by atoms with Crippen molar-refractivity contribution in [3.63, 3.8) is 0 Å². The second-order valence-corrected chi connectivity index (χ2v) is 6.11. The zero-order valence-corrected chi connectivity index (χ0v) is 12.6. The van der Waals surface area contributed by atoms with Crippen molar-refractivity contribution in [2.75, 3.05) is 25.5 Å². The number of carbonyl (C=O) groups excluding carboxylic acids is 2. The number of carbonyl (C=O) groups is 2. The summed E-state index contributed by atoms with van der Waals surface area (Å²) in [5, 5.41) is 2.94. The Hall–Kier alpha value is -2.04. The molecule has 112 valence electrons. The van der Waals surface area contributed by atoms with Gasteiger partial charge in [0.05, 0.1) is 12.5 Å². The number of likely N-dealkylation sites (tertiary alicyclic amines) is 1. The van der Waals surface area contributed by atoms with E-state index < -0.39 is 5.41 Å². The summed E-state index contributed by atoms with van der Waals surface area (Å²) in [5.41, 5.74) is 1.17. The molecule has 3 rings (SSSR count). The minimum atomic E-state index is -0.617. The van der Waals surface area contributed by atoms with E-state index in [0.29, 0.717) is 19.5 Å². The van der Waals surface area contributed by atoms with E-state index in [4.69, 9.17) is 4.74 Å². The van der Waals surface area contributed by atoms with Gasteiger partial charge in [-0.2, -0.15) is 0 Å². The zero-order chi connectivity index (χ0) is 15.2. The predicted octanol–water partition coefficient (Wildman–Crippen LogP) is 1.77. The Morgan fingerprint density at radius 1 is 1.43 bits per heavy atom. The number of amides is 2. The number of fused-ring (bicyclic) bond motifs is 2. The molecular formula is C16H20N2O3. The van der Waals surface area contributed by atoms with Crippen LogP contribution in [0.1, 0.15) is 25.8 Å². The highest BCUT2D eigenvalue weighted by Crippen LogP contribution is 2.45. The van der Waals surface area contributed by atoms with Crippen LogP contribution in [0.5, 0.6) is 5.75 Å². The fourth-order valence-corrected chi connectivity index (χ4v) is 3.29. The Kier molecular flexibility index (Phi) is 3.15. The summed E-state index contributed by atoms with van der Waals surface area (Å²) in [6.45, 7) is 4.86. The second kappa shape index (κ2) is 4.76. The standard InChI is InChI=1S/C16H20N2O3/c1-10(2)14(19)18-7-6-16(9-18)12-8-11(21-3)4-5-13(12)17-15(16)20/h4-5,8,10H,6-7,9H2,1-3H3,(H,17,20). The Morgan fingerprint density at radius 3 is 2.86 bits per heavy atom. The van der Waals surface area contributed by atoms with Crippen molar-refractivity contribution in [2.45, 2.75) is 25.7 Å². The van der Waals surface area contributed by atoms with Gasteiger partial charge in [0.2, 0.25) is 11.8 Å². The van der Waals surface area contributed by atoms with Gasteiger partial charge < -0.3 is 15.0 Å². The van der Waals surface area contributed by atoms with Crippen LogP contribution >= 0.6 is 0 Å². The lowest BCUT2D eigenvalue weighted by molar-refractivity contribution is -0.133. The lowest BCUT2D eigenvalue weighted by atomic mass is 9.81. The van der Waals surface area contributed by atoms with Gasteiger partial charge in [0, 0.05) is 24.7 Å². The predicted molar refractivity (Wildman–Crippen MR) is 79.3 cm³/mol. The quantitative estimate of drug-likeness (QED) is 0.902. The minimum Gasteiger partial charge on any atom is -0.497 e. The van der Waals surface area contributed by atoms with E-state index >= 15 is 0 Å². The Labute approximate surface area is 124 Å². The molecule has 0 aliphatic carbocycles. The average Bonchev–Trinajstić information content (AvgIpc) is 3.02. The molecule has 1 unspecified atom stereocenters. The van der Waals surface area contributed by atoms with E-state index in [0.717, 1.165) is 17.0 Å². The monoisotopic (exact) mass is 288 g/mol. The first-order chi connectivity index (χ1) is 9.98. The van der Waals surface area contributed by atoms with Crippen LogP contribution in [0.15, 0.2) is 18.2 Å². The lowest BCUT2D eigenvalue weighted by Crippen LogP contribution is -2.40. The van der Waals surface area contributed by atoms with Crippen molar-refractivity contribution in [2.24, 2.45) is 5.92 Å². The molecule has 2 amide bonds. The number of benzene rings is 1. The van der Waals surface area contributed by atoms with Crippen LogP contribution in [0.3, 0.4) is 0 Å². The highest BCUT2D eigenvalue weighted by Gasteiger charge is 2.52. The molecule has 1 spiro atoms. The summed E-state index contributed by atoms with van der Waals surface area (Å²) >= 11 is 0. The van der Waals surface area contributed by atoms with Gasteiger partial charge in [-0.25, -0.2) is 0 Å². The molecule has 2 heterocycles. The summed E-state index contributed by atoms with van der Waals surface area (Å²) < 4.78 is 5.27. The van der Waals surface area contributed by atoms with Gasteiger partial charge in [-0.05, 0) is 30.2 Å². The van der Waals surface area contributed by atoms with Gasteiger partial charge in [-0.1, -0.05) is 13.8 Å². The zero-order valence-electron chi connectivity index (χ0n) is 12.6. The first-order valence-electron chi connectivity index (χ1n) is 7.27. The molecule has 21 heavy (non-hydrogen) atoms. The molecule has 1 fully saturated rings. The third kappa shape index (κ3) is 1.99. The van der Waals surface area contributed by atoms with E-state index in [2.05, 4.69) is 5.32 Å². The molecule has 2 aliphatic rings. The summed E-state index contributed by atoms with van der Waals surface area (Å²) in [7, 11) is 1.61. The SMILES string of the molecule is COc1ccc2c(c1)C1(CCN(C(=O)C(C)C)C1)C(=O)N2. The van der Waals surface area contributed by atoms with Crippen molar-refractivity contribution in [3.05, 3.63) is 23.8 Å². The second-order valence-electron chi connectivity index (χ2n) is 6.11. The number of hydrogen-bond acceptors (Lipinski definition) is 3. The average molecular weight is 288 g/mol. The van der Waals surface area contributed by atoms with E-state index in [9.17, 15) is 9.59 Å². The first kappa shape index (κ1) is 13.9. The number of nitrogens with zero attached hydrogens (tertiary/aromatic N) is 1. The molecule has 1 atom stereocenters. The molecule has 5 heteroatoms. The molecular weight excluding hydrogens is 268 g/mol. The maximum absolute atomic E-state index is 12.5. The molecule has 0 aromatic heterocycles. The third-order valence-electron chi connectivity index (χ3n) is 4.50. The van der Waals surface area contributed by atoms with Gasteiger partial charge >= 0.3 is 0 Å². The molecule has 0 radical (unpaired) electrons. The minimum absolute atomic E-state index is 0.00944. The Balaban J connectivity index is 1.97. The van der Waals surface area contributed by atoms with Gasteiger partial charge in [0.1, 0.15) is 5.75 Å². The first-order valence-corrected chi connectivity index (χ1v) is 7.27. The maximum Gasteiger partial charge on any atom is 0.237 e. The number of anilines is 1. The van der Waals surface area contributed by atoms with E-state index in [-0.39, 0.29) is 17.7 Å². The highest BCUT2D eigenvalue weighted by atomic mass is 16.5. The van der Waals surface area contributed by atoms with Crippen LogP contribution < -0.4 is 10.1 Å². The normalized spacial score (nSPS) is 23.6. The number of ether oxygens (including phenoxy) is 1. The number of hydrogen-bond donors (Lipinski definition) is 1. The van der Waals surface area contributed by atoms with Crippen LogP contribution in [0, 0.1) is 5.92 Å². The topological polar surface area (TPSA) is 58.6 Å². The lowest BCUT2D eigenvalue weighted by Gasteiger charge is -2.23. The fraction of sp³-hybridized carbons (Fsp3) is 0.500. The number of nitrogens with one attached hydrogen (secondary N) is 1. The Morgan fingerprint density at radius 2 is 2.19 bits per heavy atom.